The van der Waals surface area contributed by atoms with Gasteiger partial charge in [-0.05, 0) is 38.5 Å². The molecular formula is C38H72NO8P. The molecule has 0 saturated carbocycles. The quantitative estimate of drug-likeness (QED) is 0.0255. The molecule has 282 valence electrons. The van der Waals surface area contributed by atoms with Crippen LogP contribution >= 0.6 is 7.82 Å². The number of unbranched alkanes of at least 4 members (excludes halogenated alkanes) is 19. The number of phosphoric acid groups is 1. The van der Waals surface area contributed by atoms with Gasteiger partial charge in [0.25, 0.3) is 0 Å². The number of hydrogen-bond donors (Lipinski definition) is 3. The maximum atomic E-state index is 12.0. The predicted octanol–water partition coefficient (Wildman–Crippen LogP) is 10.0. The van der Waals surface area contributed by atoms with Gasteiger partial charge in [-0.1, -0.05) is 147 Å². The lowest BCUT2D eigenvalue weighted by Gasteiger charge is -2.15. The molecule has 0 aromatic rings. The van der Waals surface area contributed by atoms with Crippen LogP contribution < -0.4 is 5.32 Å². The molecule has 0 radical (unpaired) electrons. The Morgan fingerprint density at radius 1 is 0.646 bits per heavy atom. The average molecular weight is 702 g/mol. The molecule has 0 aliphatic carbocycles. The lowest BCUT2D eigenvalue weighted by Crippen LogP contribution is -2.27. The maximum Gasteiger partial charge on any atom is 0.472 e. The van der Waals surface area contributed by atoms with Gasteiger partial charge in [0.15, 0.2) is 0 Å². The van der Waals surface area contributed by atoms with Gasteiger partial charge in [-0.2, -0.15) is 0 Å². The molecule has 0 aliphatic heterocycles. The molecule has 0 aromatic carbocycles. The molecule has 0 rings (SSSR count). The second-order valence-electron chi connectivity index (χ2n) is 12.9. The summed E-state index contributed by atoms with van der Waals surface area (Å²) in [7, 11) is -4.41. The van der Waals surface area contributed by atoms with Crippen LogP contribution in [0.4, 0.5) is 0 Å². The van der Waals surface area contributed by atoms with E-state index in [4.69, 9.17) is 13.8 Å². The zero-order chi connectivity index (χ0) is 35.4. The normalized spacial score (nSPS) is 13.7. The highest BCUT2D eigenvalue weighted by atomic mass is 31.2. The Bertz CT molecular complexity index is 851. The Morgan fingerprint density at radius 3 is 1.73 bits per heavy atom. The molecule has 3 N–H and O–H groups in total. The molecule has 0 fully saturated rings. The van der Waals surface area contributed by atoms with Crippen molar-refractivity contribution in [1.29, 1.82) is 0 Å². The van der Waals surface area contributed by atoms with Crippen LogP contribution in [-0.4, -0.2) is 54.3 Å². The summed E-state index contributed by atoms with van der Waals surface area (Å²) < 4.78 is 26.8. The predicted molar refractivity (Wildman–Crippen MR) is 197 cm³/mol. The Hall–Kier alpha value is -1.51. The second kappa shape index (κ2) is 35.3. The SMILES string of the molecule is CCCC/C=C\C/C=C\CCCCCCCC(=O)NCCOP(=O)(O)OCC(O)COC(=O)CCCCCCCCCCCCCCC. The first-order chi connectivity index (χ1) is 23.3. The van der Waals surface area contributed by atoms with Gasteiger partial charge in [0.1, 0.15) is 12.7 Å². The molecule has 0 spiro atoms. The van der Waals surface area contributed by atoms with Crippen molar-refractivity contribution in [3.8, 4) is 0 Å². The molecule has 0 heterocycles. The first-order valence-electron chi connectivity index (χ1n) is 19.3. The third-order valence-electron chi connectivity index (χ3n) is 8.13. The van der Waals surface area contributed by atoms with Crippen molar-refractivity contribution in [1.82, 2.24) is 5.32 Å². The number of aliphatic hydroxyl groups excluding tert-OH is 1. The van der Waals surface area contributed by atoms with Gasteiger partial charge in [-0.15, -0.1) is 0 Å². The smallest absolute Gasteiger partial charge is 0.463 e. The minimum atomic E-state index is -4.41. The summed E-state index contributed by atoms with van der Waals surface area (Å²) in [5.41, 5.74) is 0. The molecular weight excluding hydrogens is 629 g/mol. The van der Waals surface area contributed by atoms with Crippen LogP contribution in [0.1, 0.15) is 174 Å². The van der Waals surface area contributed by atoms with Crippen molar-refractivity contribution in [3.05, 3.63) is 24.3 Å². The van der Waals surface area contributed by atoms with Gasteiger partial charge >= 0.3 is 13.8 Å². The van der Waals surface area contributed by atoms with Crippen LogP contribution in [0.5, 0.6) is 0 Å². The van der Waals surface area contributed by atoms with Crippen LogP contribution in [0.2, 0.25) is 0 Å². The Balaban J connectivity index is 3.63. The van der Waals surface area contributed by atoms with E-state index in [9.17, 15) is 24.2 Å². The first-order valence-corrected chi connectivity index (χ1v) is 20.8. The van der Waals surface area contributed by atoms with Gasteiger partial charge in [0.2, 0.25) is 5.91 Å². The maximum absolute atomic E-state index is 12.0. The highest BCUT2D eigenvalue weighted by molar-refractivity contribution is 7.47. The van der Waals surface area contributed by atoms with Crippen molar-refractivity contribution < 1.29 is 37.9 Å². The Morgan fingerprint density at radius 2 is 1.15 bits per heavy atom. The topological polar surface area (TPSA) is 131 Å². The number of hydrogen-bond acceptors (Lipinski definition) is 7. The highest BCUT2D eigenvalue weighted by Gasteiger charge is 2.23. The van der Waals surface area contributed by atoms with E-state index >= 15 is 0 Å². The van der Waals surface area contributed by atoms with Gasteiger partial charge < -0.3 is 20.1 Å². The molecule has 10 heteroatoms. The van der Waals surface area contributed by atoms with E-state index in [1.165, 1.54) is 83.5 Å². The molecule has 1 amide bonds. The fourth-order valence-corrected chi connectivity index (χ4v) is 5.92. The van der Waals surface area contributed by atoms with Crippen LogP contribution in [0.25, 0.3) is 0 Å². The number of phosphoric ester groups is 1. The number of amides is 1. The van der Waals surface area contributed by atoms with Gasteiger partial charge in [-0.25, -0.2) is 4.57 Å². The standard InChI is InChI=1S/C38H72NO8P/c1-3-5-7-9-11-13-15-17-19-20-22-24-26-28-30-37(41)39-32-33-46-48(43,44)47-35-36(40)34-45-38(42)31-29-27-25-23-21-18-16-14-12-10-8-6-4-2/h9,11,15,17,36,40H,3-8,10,12-14,16,18-35H2,1-2H3,(H,39,41)(H,43,44)/b11-9-,17-15-. The monoisotopic (exact) mass is 701 g/mol. The van der Waals surface area contributed by atoms with Crippen LogP contribution in [0, 0.1) is 0 Å². The Labute approximate surface area is 293 Å². The summed E-state index contributed by atoms with van der Waals surface area (Å²) in [6.45, 7) is 3.49. The number of allylic oxidation sites excluding steroid dienone is 4. The number of rotatable bonds is 36. The third kappa shape index (κ3) is 35.8. The molecule has 0 aromatic heterocycles. The number of aliphatic hydroxyl groups is 1. The second-order valence-corrected chi connectivity index (χ2v) is 14.4. The summed E-state index contributed by atoms with van der Waals surface area (Å²) >= 11 is 0. The summed E-state index contributed by atoms with van der Waals surface area (Å²) in [6, 6.07) is 0. The van der Waals surface area contributed by atoms with Crippen molar-refractivity contribution in [2.45, 2.75) is 180 Å². The number of carbonyl (C=O) groups is 2. The third-order valence-corrected chi connectivity index (χ3v) is 9.12. The van der Waals surface area contributed by atoms with Gasteiger partial charge in [-0.3, -0.25) is 18.6 Å². The fraction of sp³-hybridized carbons (Fsp3) is 0.842. The van der Waals surface area contributed by atoms with Gasteiger partial charge in [0, 0.05) is 19.4 Å². The fourth-order valence-electron chi connectivity index (χ4n) is 5.16. The molecule has 48 heavy (non-hydrogen) atoms. The molecule has 0 aliphatic rings. The average Bonchev–Trinajstić information content (AvgIpc) is 3.07. The Kier molecular flexibility index (Phi) is 34.2. The largest absolute Gasteiger partial charge is 0.472 e. The summed E-state index contributed by atoms with van der Waals surface area (Å²) in [6.07, 6.45) is 35.3. The van der Waals surface area contributed by atoms with E-state index in [0.29, 0.717) is 6.42 Å². The minimum absolute atomic E-state index is 0.0756. The first kappa shape index (κ1) is 46.5. The summed E-state index contributed by atoms with van der Waals surface area (Å²) in [4.78, 5) is 33.7. The number of ether oxygens (including phenoxy) is 1. The van der Waals surface area contributed by atoms with E-state index in [0.717, 1.165) is 64.2 Å². The molecule has 0 bridgehead atoms. The van der Waals surface area contributed by atoms with Crippen molar-refractivity contribution in [2.75, 3.05) is 26.4 Å². The summed E-state index contributed by atoms with van der Waals surface area (Å²) in [5.74, 6) is -0.529. The molecule has 2 atom stereocenters. The van der Waals surface area contributed by atoms with E-state index in [1.807, 2.05) is 0 Å². The van der Waals surface area contributed by atoms with E-state index in [1.54, 1.807) is 0 Å². The molecule has 9 nitrogen and oxygen atoms in total. The van der Waals surface area contributed by atoms with Gasteiger partial charge in [0.05, 0.1) is 13.2 Å². The number of esters is 1. The van der Waals surface area contributed by atoms with E-state index < -0.39 is 26.5 Å². The molecule has 0 saturated heterocycles. The highest BCUT2D eigenvalue weighted by Crippen LogP contribution is 2.42. The lowest BCUT2D eigenvalue weighted by atomic mass is 10.0. The molecule has 2 unspecified atom stereocenters. The van der Waals surface area contributed by atoms with Crippen LogP contribution in [0.3, 0.4) is 0 Å². The number of nitrogens with one attached hydrogen (secondary N) is 1. The van der Waals surface area contributed by atoms with E-state index in [-0.39, 0.29) is 32.1 Å². The zero-order valence-electron chi connectivity index (χ0n) is 30.7. The van der Waals surface area contributed by atoms with E-state index in [2.05, 4.69) is 43.5 Å². The lowest BCUT2D eigenvalue weighted by molar-refractivity contribution is -0.147. The van der Waals surface area contributed by atoms with Crippen molar-refractivity contribution in [2.24, 2.45) is 0 Å². The van der Waals surface area contributed by atoms with Crippen LogP contribution in [0.15, 0.2) is 24.3 Å². The number of carbonyl (C=O) groups excluding carboxylic acids is 2. The minimum Gasteiger partial charge on any atom is -0.463 e. The van der Waals surface area contributed by atoms with Crippen molar-refractivity contribution >= 4 is 19.7 Å². The van der Waals surface area contributed by atoms with Crippen molar-refractivity contribution in [3.63, 3.8) is 0 Å². The summed E-state index contributed by atoms with van der Waals surface area (Å²) in [5, 5.41) is 12.6. The zero-order valence-corrected chi connectivity index (χ0v) is 31.6. The van der Waals surface area contributed by atoms with Crippen LogP contribution in [-0.2, 0) is 27.9 Å².